The second kappa shape index (κ2) is 6.66. The number of aromatic nitrogens is 1. The summed E-state index contributed by atoms with van der Waals surface area (Å²) in [5, 5.41) is 7.01. The van der Waals surface area contributed by atoms with Crippen molar-refractivity contribution < 1.29 is 13.2 Å². The van der Waals surface area contributed by atoms with Gasteiger partial charge < -0.3 is 11.5 Å². The molecule has 1 aromatic carbocycles. The van der Waals surface area contributed by atoms with Gasteiger partial charge in [0.2, 0.25) is 5.96 Å². The van der Waals surface area contributed by atoms with E-state index in [4.69, 9.17) is 23.1 Å². The molecule has 0 aliphatic rings. The summed E-state index contributed by atoms with van der Waals surface area (Å²) in [6.45, 7) is 0. The van der Waals surface area contributed by atoms with Crippen LogP contribution in [0.25, 0.3) is 11.3 Å². The highest BCUT2D eigenvalue weighted by atomic mass is 35.5. The molecule has 0 radical (unpaired) electrons. The van der Waals surface area contributed by atoms with E-state index in [-0.39, 0.29) is 16.7 Å². The molecule has 0 amide bonds. The predicted molar refractivity (Wildman–Crippen MR) is 83.1 cm³/mol. The molecular formula is C14H11ClF3N5. The van der Waals surface area contributed by atoms with E-state index >= 15 is 0 Å². The molecule has 2 aromatic rings. The lowest BCUT2D eigenvalue weighted by Crippen LogP contribution is -2.21. The Morgan fingerprint density at radius 1 is 1.17 bits per heavy atom. The Morgan fingerprint density at radius 3 is 2.35 bits per heavy atom. The lowest BCUT2D eigenvalue weighted by Gasteiger charge is -2.09. The number of pyridine rings is 1. The average Bonchev–Trinajstić information content (AvgIpc) is 2.47. The average molecular weight is 342 g/mol. The monoisotopic (exact) mass is 341 g/mol. The zero-order valence-electron chi connectivity index (χ0n) is 11.5. The summed E-state index contributed by atoms with van der Waals surface area (Å²) in [5.74, 6) is -0.168. The number of hydrogen-bond acceptors (Lipinski definition) is 3. The van der Waals surface area contributed by atoms with Crippen LogP contribution in [0, 0.1) is 0 Å². The summed E-state index contributed by atoms with van der Waals surface area (Å²) >= 11 is 5.89. The number of rotatable bonds is 3. The molecule has 2 rings (SSSR count). The maximum Gasteiger partial charge on any atom is 0.417 e. The van der Waals surface area contributed by atoms with Crippen LogP contribution in [0.1, 0.15) is 11.1 Å². The Balaban J connectivity index is 2.26. The first-order valence-corrected chi connectivity index (χ1v) is 6.60. The summed E-state index contributed by atoms with van der Waals surface area (Å²) in [5.41, 5.74) is 10.9. The molecule has 0 atom stereocenters. The minimum atomic E-state index is -4.49. The van der Waals surface area contributed by atoms with Crippen LogP contribution >= 0.6 is 11.6 Å². The van der Waals surface area contributed by atoms with Crippen LogP contribution in [0.4, 0.5) is 13.2 Å². The molecule has 0 saturated heterocycles. The molecule has 9 heteroatoms. The number of nitrogens with two attached hydrogens (primary N) is 2. The van der Waals surface area contributed by atoms with Crippen LogP contribution in [0.3, 0.4) is 0 Å². The van der Waals surface area contributed by atoms with Gasteiger partial charge >= 0.3 is 6.18 Å². The topological polar surface area (TPSA) is 89.7 Å². The molecule has 0 spiro atoms. The van der Waals surface area contributed by atoms with Gasteiger partial charge in [-0.15, -0.1) is 5.10 Å². The Bertz CT molecular complexity index is 750. The Hall–Kier alpha value is -2.61. The van der Waals surface area contributed by atoms with Gasteiger partial charge in [0.15, 0.2) is 0 Å². The fraction of sp³-hybridized carbons (Fsp3) is 0.0714. The van der Waals surface area contributed by atoms with Crippen molar-refractivity contribution in [1.82, 2.24) is 4.98 Å². The number of nitrogens with zero attached hydrogens (tertiary/aromatic N) is 3. The van der Waals surface area contributed by atoms with Gasteiger partial charge in [-0.1, -0.05) is 35.9 Å². The van der Waals surface area contributed by atoms with Crippen LogP contribution in [-0.4, -0.2) is 17.2 Å². The van der Waals surface area contributed by atoms with Crippen molar-refractivity contribution in [3.8, 4) is 11.3 Å². The molecule has 4 N–H and O–H groups in total. The van der Waals surface area contributed by atoms with Crippen LogP contribution in [0.15, 0.2) is 46.7 Å². The lowest BCUT2D eigenvalue weighted by molar-refractivity contribution is -0.137. The van der Waals surface area contributed by atoms with Crippen molar-refractivity contribution in [3.05, 3.63) is 52.7 Å². The molecule has 5 nitrogen and oxygen atoms in total. The SMILES string of the molecule is NC(N)=NN=Cc1ccc(-c2ncc(C(F)(F)F)cc2Cl)cc1. The third kappa shape index (κ3) is 4.43. The molecule has 1 aromatic heterocycles. The largest absolute Gasteiger partial charge is 0.417 e. The Morgan fingerprint density at radius 2 is 1.83 bits per heavy atom. The van der Waals surface area contributed by atoms with Crippen LogP contribution in [0.2, 0.25) is 5.02 Å². The van der Waals surface area contributed by atoms with Crippen LogP contribution in [0.5, 0.6) is 0 Å². The number of halogens is 4. The highest BCUT2D eigenvalue weighted by Gasteiger charge is 2.31. The normalized spacial score (nSPS) is 11.7. The van der Waals surface area contributed by atoms with Crippen LogP contribution < -0.4 is 11.5 Å². The number of alkyl halides is 3. The summed E-state index contributed by atoms with van der Waals surface area (Å²) in [6, 6.07) is 7.50. The van der Waals surface area contributed by atoms with Crippen LogP contribution in [-0.2, 0) is 6.18 Å². The van der Waals surface area contributed by atoms with Crippen molar-refractivity contribution in [1.29, 1.82) is 0 Å². The van der Waals surface area contributed by atoms with Gasteiger partial charge in [-0.25, -0.2) is 0 Å². The molecule has 0 saturated carbocycles. The van der Waals surface area contributed by atoms with E-state index in [0.29, 0.717) is 11.1 Å². The third-order valence-electron chi connectivity index (χ3n) is 2.73. The second-order valence-corrected chi connectivity index (χ2v) is 4.85. The summed E-state index contributed by atoms with van der Waals surface area (Å²) in [6.07, 6.45) is -2.32. The zero-order chi connectivity index (χ0) is 17.0. The van der Waals surface area contributed by atoms with Crippen molar-refractivity contribution in [2.45, 2.75) is 6.18 Å². The van der Waals surface area contributed by atoms with Crippen molar-refractivity contribution in [2.75, 3.05) is 0 Å². The molecule has 0 unspecified atom stereocenters. The molecule has 23 heavy (non-hydrogen) atoms. The third-order valence-corrected chi connectivity index (χ3v) is 3.02. The van der Waals surface area contributed by atoms with Crippen molar-refractivity contribution in [2.24, 2.45) is 21.7 Å². The smallest absolute Gasteiger partial charge is 0.369 e. The first-order chi connectivity index (χ1) is 10.8. The van der Waals surface area contributed by atoms with E-state index in [1.54, 1.807) is 24.3 Å². The van der Waals surface area contributed by atoms with Crippen molar-refractivity contribution in [3.63, 3.8) is 0 Å². The van der Waals surface area contributed by atoms with Gasteiger partial charge in [0.05, 0.1) is 22.5 Å². The van der Waals surface area contributed by atoms with E-state index in [1.165, 1.54) is 6.21 Å². The highest BCUT2D eigenvalue weighted by molar-refractivity contribution is 6.33. The first kappa shape index (κ1) is 16.8. The van der Waals surface area contributed by atoms with Gasteiger partial charge in [0, 0.05) is 11.8 Å². The maximum atomic E-state index is 12.6. The quantitative estimate of drug-likeness (QED) is 0.511. The van der Waals surface area contributed by atoms with Gasteiger partial charge in [-0.3, -0.25) is 4.98 Å². The molecule has 0 aliphatic carbocycles. The van der Waals surface area contributed by atoms with Gasteiger partial charge in [-0.2, -0.15) is 18.3 Å². The molecule has 0 fully saturated rings. The summed E-state index contributed by atoms with van der Waals surface area (Å²) < 4.78 is 37.8. The minimum Gasteiger partial charge on any atom is -0.369 e. The lowest BCUT2D eigenvalue weighted by atomic mass is 10.1. The standard InChI is InChI=1S/C14H11ClF3N5/c15-11-5-10(14(16,17)18)7-21-12(11)9-3-1-8(2-4-9)6-22-23-13(19)20/h1-7H,(H4,19,20,23). The van der Waals surface area contributed by atoms with E-state index in [1.807, 2.05) is 0 Å². The Labute approximate surface area is 134 Å². The van der Waals surface area contributed by atoms with Gasteiger partial charge in [0.1, 0.15) is 0 Å². The van der Waals surface area contributed by atoms with E-state index in [0.717, 1.165) is 12.3 Å². The summed E-state index contributed by atoms with van der Waals surface area (Å²) in [4.78, 5) is 3.79. The fourth-order valence-corrected chi connectivity index (χ4v) is 1.97. The maximum absolute atomic E-state index is 12.6. The molecule has 0 aliphatic heterocycles. The second-order valence-electron chi connectivity index (χ2n) is 4.44. The number of guanidine groups is 1. The molecule has 120 valence electrons. The molecule has 1 heterocycles. The van der Waals surface area contributed by atoms with E-state index in [9.17, 15) is 13.2 Å². The number of hydrogen-bond donors (Lipinski definition) is 2. The molecule has 0 bridgehead atoms. The van der Waals surface area contributed by atoms with E-state index in [2.05, 4.69) is 15.2 Å². The van der Waals surface area contributed by atoms with Gasteiger partial charge in [0.25, 0.3) is 0 Å². The van der Waals surface area contributed by atoms with E-state index < -0.39 is 11.7 Å². The van der Waals surface area contributed by atoms with Gasteiger partial charge in [-0.05, 0) is 11.6 Å². The Kier molecular flexibility index (Phi) is 4.85. The van der Waals surface area contributed by atoms with Crippen molar-refractivity contribution >= 4 is 23.8 Å². The molecular weight excluding hydrogens is 331 g/mol. The summed E-state index contributed by atoms with van der Waals surface area (Å²) in [7, 11) is 0. The minimum absolute atomic E-state index is 0.0817. The first-order valence-electron chi connectivity index (χ1n) is 6.22. The highest BCUT2D eigenvalue weighted by Crippen LogP contribution is 2.33. The fourth-order valence-electron chi connectivity index (χ4n) is 1.69. The zero-order valence-corrected chi connectivity index (χ0v) is 12.3. The predicted octanol–water partition coefficient (Wildman–Crippen LogP) is 3.03. The number of benzene rings is 1.